The Morgan fingerprint density at radius 3 is 3.14 bits per heavy atom. The Morgan fingerprint density at radius 1 is 1.52 bits per heavy atom. The summed E-state index contributed by atoms with van der Waals surface area (Å²) in [4.78, 5) is 20.0. The van der Waals surface area contributed by atoms with Gasteiger partial charge in [0.2, 0.25) is 0 Å². The van der Waals surface area contributed by atoms with Crippen LogP contribution in [0.2, 0.25) is 0 Å². The number of thiophene rings is 1. The van der Waals surface area contributed by atoms with Gasteiger partial charge in [-0.15, -0.1) is 11.3 Å². The van der Waals surface area contributed by atoms with Crippen LogP contribution in [0.1, 0.15) is 29.5 Å². The molecule has 0 bridgehead atoms. The minimum absolute atomic E-state index is 0.0923. The molecule has 0 spiro atoms. The van der Waals surface area contributed by atoms with Crippen LogP contribution in [0.4, 0.5) is 0 Å². The highest BCUT2D eigenvalue weighted by molar-refractivity contribution is 7.98. The molecule has 3 N–H and O–H groups in total. The minimum Gasteiger partial charge on any atom is -0.320 e. The number of thioether (sulfide) groups is 1. The van der Waals surface area contributed by atoms with Crippen molar-refractivity contribution in [2.24, 2.45) is 5.73 Å². The third-order valence-corrected chi connectivity index (χ3v) is 4.69. The van der Waals surface area contributed by atoms with E-state index in [2.05, 4.69) is 28.7 Å². The van der Waals surface area contributed by atoms with Gasteiger partial charge in [0.25, 0.3) is 5.56 Å². The van der Waals surface area contributed by atoms with E-state index in [1.165, 1.54) is 16.6 Å². The molecule has 6 heteroatoms. The van der Waals surface area contributed by atoms with Crippen molar-refractivity contribution in [1.29, 1.82) is 0 Å². The molecule has 0 aromatic carbocycles. The maximum absolute atomic E-state index is 11.6. The second-order valence-corrected chi connectivity index (χ2v) is 6.31. The molecule has 21 heavy (non-hydrogen) atoms. The fourth-order valence-corrected chi connectivity index (χ4v) is 3.62. The van der Waals surface area contributed by atoms with E-state index >= 15 is 0 Å². The number of H-pyrrole nitrogens is 1. The van der Waals surface area contributed by atoms with E-state index in [1.54, 1.807) is 17.4 Å². The van der Waals surface area contributed by atoms with Gasteiger partial charge in [-0.3, -0.25) is 4.79 Å². The normalized spacial score (nSPS) is 10.2. The molecule has 0 radical (unpaired) electrons. The zero-order valence-electron chi connectivity index (χ0n) is 11.8. The highest BCUT2D eigenvalue weighted by Gasteiger charge is 2.06. The summed E-state index contributed by atoms with van der Waals surface area (Å²) < 4.78 is 0. The summed E-state index contributed by atoms with van der Waals surface area (Å²) in [5.41, 5.74) is 7.15. The fraction of sp³-hybridized carbons (Fsp3) is 0.333. The quantitative estimate of drug-likeness (QED) is 0.504. The first kappa shape index (κ1) is 15.8. The van der Waals surface area contributed by atoms with Crippen LogP contribution in [-0.4, -0.2) is 16.5 Å². The Bertz CT molecular complexity index is 709. The molecule has 0 aliphatic rings. The van der Waals surface area contributed by atoms with Crippen LogP contribution in [0.3, 0.4) is 0 Å². The lowest BCUT2D eigenvalue weighted by Crippen LogP contribution is -2.09. The highest BCUT2D eigenvalue weighted by atomic mass is 32.2. The van der Waals surface area contributed by atoms with Gasteiger partial charge in [-0.25, -0.2) is 4.98 Å². The number of aromatic nitrogens is 2. The third kappa shape index (κ3) is 4.74. The van der Waals surface area contributed by atoms with Crippen molar-refractivity contribution in [3.8, 4) is 11.8 Å². The lowest BCUT2D eigenvalue weighted by molar-refractivity contribution is 0.816. The van der Waals surface area contributed by atoms with Gasteiger partial charge in [-0.2, -0.15) is 0 Å². The molecule has 4 nitrogen and oxygen atoms in total. The van der Waals surface area contributed by atoms with Gasteiger partial charge in [0.1, 0.15) is 0 Å². The number of nitrogens with zero attached hydrogens (tertiary/aromatic N) is 1. The van der Waals surface area contributed by atoms with Crippen molar-refractivity contribution in [2.45, 2.75) is 30.7 Å². The van der Waals surface area contributed by atoms with Crippen LogP contribution < -0.4 is 11.3 Å². The van der Waals surface area contributed by atoms with E-state index in [1.807, 2.05) is 11.4 Å². The Balaban J connectivity index is 2.09. The lowest BCUT2D eigenvalue weighted by atomic mass is 10.2. The first-order valence-corrected chi connectivity index (χ1v) is 8.57. The predicted octanol–water partition coefficient (Wildman–Crippen LogP) is 2.39. The highest BCUT2D eigenvalue weighted by Crippen LogP contribution is 2.25. The molecule has 0 amide bonds. The van der Waals surface area contributed by atoms with Crippen molar-refractivity contribution in [3.63, 3.8) is 0 Å². The molecular formula is C15H17N3OS2. The lowest BCUT2D eigenvalue weighted by Gasteiger charge is -2.03. The molecule has 0 atom stereocenters. The van der Waals surface area contributed by atoms with E-state index in [-0.39, 0.29) is 5.56 Å². The molecule has 0 aliphatic carbocycles. The largest absolute Gasteiger partial charge is 0.320 e. The second kappa shape index (κ2) is 8.03. The molecule has 0 aliphatic heterocycles. The van der Waals surface area contributed by atoms with Gasteiger partial charge in [0, 0.05) is 28.0 Å². The van der Waals surface area contributed by atoms with Crippen LogP contribution in [0.25, 0.3) is 0 Å². The summed E-state index contributed by atoms with van der Waals surface area (Å²) in [5.74, 6) is 6.67. The second-order valence-electron chi connectivity index (χ2n) is 4.34. The zero-order chi connectivity index (χ0) is 15.1. The molecule has 0 unspecified atom stereocenters. The van der Waals surface area contributed by atoms with Crippen molar-refractivity contribution in [2.75, 3.05) is 6.54 Å². The number of rotatable bonds is 5. The number of aromatic amines is 1. The van der Waals surface area contributed by atoms with Gasteiger partial charge in [-0.05, 0) is 17.9 Å². The van der Waals surface area contributed by atoms with Gasteiger partial charge >= 0.3 is 0 Å². The predicted molar refractivity (Wildman–Crippen MR) is 88.7 cm³/mol. The van der Waals surface area contributed by atoms with Crippen molar-refractivity contribution < 1.29 is 0 Å². The molecule has 0 saturated heterocycles. The molecule has 2 aromatic rings. The Kier molecular flexibility index (Phi) is 6.05. The maximum Gasteiger partial charge on any atom is 0.251 e. The van der Waals surface area contributed by atoms with E-state index in [4.69, 9.17) is 5.73 Å². The van der Waals surface area contributed by atoms with E-state index in [0.717, 1.165) is 29.9 Å². The van der Waals surface area contributed by atoms with E-state index in [9.17, 15) is 4.79 Å². The number of nitrogens with one attached hydrogen (secondary N) is 1. The fourth-order valence-electron chi connectivity index (χ4n) is 1.78. The van der Waals surface area contributed by atoms with Crippen LogP contribution >= 0.6 is 23.1 Å². The molecule has 2 heterocycles. The molecule has 0 fully saturated rings. The van der Waals surface area contributed by atoms with Gasteiger partial charge in [-0.1, -0.05) is 36.9 Å². The van der Waals surface area contributed by atoms with Crippen LogP contribution in [0, 0.1) is 11.8 Å². The Hall–Kier alpha value is -1.55. The number of nitrogens with two attached hydrogens (primary N) is 1. The summed E-state index contributed by atoms with van der Waals surface area (Å²) >= 11 is 3.18. The summed E-state index contributed by atoms with van der Waals surface area (Å²) in [6.07, 6.45) is 1.80. The van der Waals surface area contributed by atoms with Crippen LogP contribution in [0.15, 0.2) is 27.5 Å². The summed E-state index contributed by atoms with van der Waals surface area (Å²) in [6.45, 7) is 2.43. The molecular weight excluding hydrogens is 302 g/mol. The van der Waals surface area contributed by atoms with Gasteiger partial charge < -0.3 is 10.7 Å². The number of hydrogen-bond acceptors (Lipinski definition) is 5. The van der Waals surface area contributed by atoms with Gasteiger partial charge in [0.15, 0.2) is 5.16 Å². The van der Waals surface area contributed by atoms with Crippen LogP contribution in [-0.2, 0) is 12.2 Å². The van der Waals surface area contributed by atoms with Crippen molar-refractivity contribution in [1.82, 2.24) is 9.97 Å². The average molecular weight is 319 g/mol. The maximum atomic E-state index is 11.6. The first-order valence-electron chi connectivity index (χ1n) is 6.71. The van der Waals surface area contributed by atoms with Crippen molar-refractivity contribution in [3.05, 3.63) is 44.0 Å². The molecule has 2 aromatic heterocycles. The topological polar surface area (TPSA) is 71.8 Å². The van der Waals surface area contributed by atoms with E-state index < -0.39 is 0 Å². The molecule has 0 saturated carbocycles. The van der Waals surface area contributed by atoms with Crippen LogP contribution in [0.5, 0.6) is 0 Å². The van der Waals surface area contributed by atoms with Crippen molar-refractivity contribution >= 4 is 23.1 Å². The first-order chi connectivity index (χ1) is 10.2. The standard InChI is InChI=1S/C15H17N3OS2/c1-2-4-12-9-14(19)18-15(17-12)21-10-13-11(5-3-7-16)6-8-20-13/h6,8-9H,2,4,7,10,16H2,1H3,(H,17,18,19). The average Bonchev–Trinajstić information content (AvgIpc) is 2.90. The Labute approximate surface area is 132 Å². The minimum atomic E-state index is -0.0923. The molecule has 2 rings (SSSR count). The Morgan fingerprint density at radius 2 is 2.38 bits per heavy atom. The van der Waals surface area contributed by atoms with E-state index in [0.29, 0.717) is 11.7 Å². The third-order valence-electron chi connectivity index (χ3n) is 2.69. The smallest absolute Gasteiger partial charge is 0.251 e. The molecule has 110 valence electrons. The monoisotopic (exact) mass is 319 g/mol. The summed E-state index contributed by atoms with van der Waals surface area (Å²) in [5, 5.41) is 2.68. The SMILES string of the molecule is CCCc1cc(=O)[nH]c(SCc2sccc2C#CCN)n1. The number of aryl methyl sites for hydroxylation is 1. The summed E-state index contributed by atoms with van der Waals surface area (Å²) in [7, 11) is 0. The summed E-state index contributed by atoms with van der Waals surface area (Å²) in [6, 6.07) is 3.56. The zero-order valence-corrected chi connectivity index (χ0v) is 13.4. The number of hydrogen-bond donors (Lipinski definition) is 2. The van der Waals surface area contributed by atoms with Gasteiger partial charge in [0.05, 0.1) is 6.54 Å².